The average Bonchev–Trinajstić information content (AvgIpc) is 4.31. The van der Waals surface area contributed by atoms with E-state index in [1.807, 2.05) is 98.0 Å². The minimum atomic E-state index is -1.14. The van der Waals surface area contributed by atoms with Gasteiger partial charge in [-0.15, -0.1) is 11.3 Å². The number of aliphatic hydroxyl groups excluding tert-OH is 1. The van der Waals surface area contributed by atoms with Gasteiger partial charge in [0.2, 0.25) is 23.5 Å². The van der Waals surface area contributed by atoms with Crippen LogP contribution in [-0.2, 0) is 59.9 Å². The van der Waals surface area contributed by atoms with E-state index in [1.54, 1.807) is 36.0 Å². The molecule has 3 aromatic carbocycles. The van der Waals surface area contributed by atoms with Crippen LogP contribution in [0, 0.1) is 18.3 Å². The third-order valence-corrected chi connectivity index (χ3v) is 16.2. The van der Waals surface area contributed by atoms with Crippen molar-refractivity contribution in [2.75, 3.05) is 104 Å². The zero-order valence-electron chi connectivity index (χ0n) is 46.2. The maximum Gasteiger partial charge on any atom is 0.248 e. The summed E-state index contributed by atoms with van der Waals surface area (Å²) in [6.07, 6.45) is 4.06. The number of carbonyl (C=O) groups excluding carboxylic acids is 4. The molecule has 3 aliphatic heterocycles. The summed E-state index contributed by atoms with van der Waals surface area (Å²) in [5.74, 6) is -2.19. The second-order valence-corrected chi connectivity index (χ2v) is 23.3. The summed E-state index contributed by atoms with van der Waals surface area (Å²) in [6, 6.07) is 22.1. The number of piperazine rings is 1. The van der Waals surface area contributed by atoms with E-state index in [0.29, 0.717) is 80.5 Å². The number of aromatic nitrogens is 2. The standard InChI is InChI=1S/C59H74Cl2N6O12S/c1-40-16-29-80-55(40)43-8-6-42(7-9-43)41(2)63-56(71)53-32-46(68)33-67(53)57(72)51(58(3,4)5)31-47(69)34-75-27-25-73-23-24-74-26-28-76-37-54(70)66-21-19-65(20-22-66)45-11-13-48(14-12-45)77-35-49-36-78-59(79-49,38-64-18-17-62-39-64)50-15-10-44(60)30-52(50)61/h6-18,29-30,39,41,46,49,51,53,68H,19-28,31-38H2,1-5H3,(H,63,71)/t41-,46+,49-,51+,53-,59-/m0/s1. The number of ketones is 1. The molecular formula is C59H74Cl2N6O12S. The van der Waals surface area contributed by atoms with Crippen molar-refractivity contribution in [3.8, 4) is 16.2 Å². The summed E-state index contributed by atoms with van der Waals surface area (Å²) in [6.45, 7) is 14.4. The molecule has 5 aromatic rings. The normalized spacial score (nSPS) is 20.2. The van der Waals surface area contributed by atoms with Gasteiger partial charge in [0, 0.05) is 85.0 Å². The highest BCUT2D eigenvalue weighted by Crippen LogP contribution is 2.41. The Morgan fingerprint density at radius 2 is 1.57 bits per heavy atom. The molecule has 3 aliphatic rings. The number of Topliss-reactive ketones (excluding diaryl/α,β-unsaturated/α-hetero) is 1. The van der Waals surface area contributed by atoms with E-state index in [1.165, 1.54) is 15.3 Å². The van der Waals surface area contributed by atoms with Gasteiger partial charge in [0.1, 0.15) is 37.7 Å². The van der Waals surface area contributed by atoms with Crippen LogP contribution in [0.2, 0.25) is 10.0 Å². The fraction of sp³-hybridized carbons (Fsp3) is 0.508. The summed E-state index contributed by atoms with van der Waals surface area (Å²) < 4.78 is 43.3. The summed E-state index contributed by atoms with van der Waals surface area (Å²) >= 11 is 14.5. The summed E-state index contributed by atoms with van der Waals surface area (Å²) in [5.41, 5.74) is 4.34. The first kappa shape index (κ1) is 60.6. The number of β-amino-alcohol motifs (C(OH)–C–C–N with tert-alkyl or cyclic N) is 1. The highest BCUT2D eigenvalue weighted by atomic mass is 35.5. The number of anilines is 1. The molecule has 0 bridgehead atoms. The van der Waals surface area contributed by atoms with Gasteiger partial charge in [-0.25, -0.2) is 4.98 Å². The molecule has 3 amide bonds. The molecule has 2 aromatic heterocycles. The predicted molar refractivity (Wildman–Crippen MR) is 305 cm³/mol. The number of halogens is 2. The number of nitrogens with one attached hydrogen (secondary N) is 1. The van der Waals surface area contributed by atoms with E-state index < -0.39 is 29.3 Å². The fourth-order valence-electron chi connectivity index (χ4n) is 10.1. The lowest BCUT2D eigenvalue weighted by atomic mass is 9.77. The van der Waals surface area contributed by atoms with Crippen LogP contribution in [0.15, 0.2) is 96.9 Å². The molecule has 0 aliphatic carbocycles. The Balaban J connectivity index is 0.651. The van der Waals surface area contributed by atoms with Crippen LogP contribution >= 0.6 is 34.5 Å². The summed E-state index contributed by atoms with van der Waals surface area (Å²) in [5, 5.41) is 16.7. The number of hydrogen-bond donors (Lipinski definition) is 2. The molecule has 5 heterocycles. The van der Waals surface area contributed by atoms with Crippen LogP contribution in [0.25, 0.3) is 10.4 Å². The third kappa shape index (κ3) is 16.4. The maximum absolute atomic E-state index is 14.1. The van der Waals surface area contributed by atoms with E-state index in [4.69, 9.17) is 56.4 Å². The van der Waals surface area contributed by atoms with Crippen molar-refractivity contribution in [1.29, 1.82) is 0 Å². The monoisotopic (exact) mass is 1160 g/mol. The summed E-state index contributed by atoms with van der Waals surface area (Å²) in [7, 11) is 0. The van der Waals surface area contributed by atoms with Crippen molar-refractivity contribution in [2.24, 2.45) is 11.3 Å². The number of likely N-dealkylation sites (tertiary alicyclic amines) is 1. The summed E-state index contributed by atoms with van der Waals surface area (Å²) in [4.78, 5) is 64.7. The van der Waals surface area contributed by atoms with Crippen LogP contribution in [0.5, 0.6) is 5.75 Å². The molecule has 0 unspecified atom stereocenters. The number of amides is 3. The van der Waals surface area contributed by atoms with Gasteiger partial charge in [-0.1, -0.05) is 74.3 Å². The Morgan fingerprint density at radius 3 is 2.21 bits per heavy atom. The van der Waals surface area contributed by atoms with Crippen LogP contribution in [0.3, 0.4) is 0 Å². The number of rotatable bonds is 27. The average molecular weight is 1160 g/mol. The van der Waals surface area contributed by atoms with E-state index in [9.17, 15) is 24.3 Å². The Kier molecular flexibility index (Phi) is 21.6. The molecule has 0 saturated carbocycles. The van der Waals surface area contributed by atoms with Crippen molar-refractivity contribution >= 4 is 63.7 Å². The first-order chi connectivity index (χ1) is 38.5. The smallest absolute Gasteiger partial charge is 0.248 e. The highest BCUT2D eigenvalue weighted by Gasteiger charge is 2.46. The minimum Gasteiger partial charge on any atom is -0.491 e. The molecule has 6 atom stereocenters. The Bertz CT molecular complexity index is 2810. The number of aliphatic hydroxyl groups is 1. The van der Waals surface area contributed by atoms with Gasteiger partial charge in [-0.2, -0.15) is 0 Å². The van der Waals surface area contributed by atoms with Crippen molar-refractivity contribution < 1.29 is 57.4 Å². The largest absolute Gasteiger partial charge is 0.491 e. The van der Waals surface area contributed by atoms with Crippen molar-refractivity contribution in [2.45, 2.75) is 84.1 Å². The molecule has 0 spiro atoms. The van der Waals surface area contributed by atoms with Crippen molar-refractivity contribution in [1.82, 2.24) is 24.7 Å². The predicted octanol–water partition coefficient (Wildman–Crippen LogP) is 7.75. The Labute approximate surface area is 482 Å². The second kappa shape index (κ2) is 28.5. The van der Waals surface area contributed by atoms with Crippen molar-refractivity contribution in [3.05, 3.63) is 124 Å². The lowest BCUT2D eigenvalue weighted by Gasteiger charge is -2.36. The number of ether oxygens (including phenoxy) is 7. The third-order valence-electron chi connectivity index (χ3n) is 14.6. The second-order valence-electron chi connectivity index (χ2n) is 21.5. The molecule has 80 heavy (non-hydrogen) atoms. The van der Waals surface area contributed by atoms with Gasteiger partial charge < -0.3 is 62.8 Å². The number of aryl methyl sites for hydroxylation is 1. The minimum absolute atomic E-state index is 0.0125. The zero-order valence-corrected chi connectivity index (χ0v) is 48.5. The van der Waals surface area contributed by atoms with E-state index in [2.05, 4.69) is 33.6 Å². The SMILES string of the molecule is Cc1ccsc1-c1ccc([C@H](C)NC(=O)[C@@H]2C[C@@H](O)CN2C(=O)[C@@H](CC(=O)COCCOCCOCCOCC(=O)N2CCN(c3ccc(OC[C@H]4CO[C@](Cn5ccnc5)(c5ccc(Cl)cc5Cl)O4)cc3)CC2)C(C)(C)C)cc1. The lowest BCUT2D eigenvalue weighted by molar-refractivity contribution is -0.189. The van der Waals surface area contributed by atoms with Gasteiger partial charge in [0.15, 0.2) is 5.78 Å². The molecule has 2 N–H and O–H groups in total. The van der Waals surface area contributed by atoms with E-state index in [-0.39, 0.29) is 94.7 Å². The van der Waals surface area contributed by atoms with Crippen LogP contribution in [0.1, 0.15) is 63.3 Å². The van der Waals surface area contributed by atoms with Gasteiger partial charge in [0.05, 0.1) is 76.3 Å². The molecule has 8 rings (SSSR count). The van der Waals surface area contributed by atoms with Crippen LogP contribution < -0.4 is 15.0 Å². The number of benzene rings is 3. The lowest BCUT2D eigenvalue weighted by Crippen LogP contribution is -2.50. The van der Waals surface area contributed by atoms with E-state index in [0.717, 1.165) is 16.8 Å². The number of carbonyl (C=O) groups is 4. The molecule has 21 heteroatoms. The maximum atomic E-state index is 14.1. The molecule has 3 fully saturated rings. The molecule has 3 saturated heterocycles. The first-order valence-electron chi connectivity index (χ1n) is 27.2. The van der Waals surface area contributed by atoms with Gasteiger partial charge in [0.25, 0.3) is 0 Å². The highest BCUT2D eigenvalue weighted by molar-refractivity contribution is 7.13. The quantitative estimate of drug-likeness (QED) is 0.0485. The fourth-order valence-corrected chi connectivity index (χ4v) is 11.6. The number of imidazole rings is 1. The van der Waals surface area contributed by atoms with Gasteiger partial charge >= 0.3 is 0 Å². The van der Waals surface area contributed by atoms with Gasteiger partial charge in [-0.3, -0.25) is 19.2 Å². The topological polar surface area (TPSA) is 193 Å². The number of nitrogens with zero attached hydrogens (tertiary/aromatic N) is 5. The number of hydrogen-bond acceptors (Lipinski definition) is 15. The van der Waals surface area contributed by atoms with Gasteiger partial charge in [-0.05, 0) is 83.8 Å². The molecule has 18 nitrogen and oxygen atoms in total. The van der Waals surface area contributed by atoms with E-state index >= 15 is 0 Å². The zero-order chi connectivity index (χ0) is 56.8. The Morgan fingerprint density at radius 1 is 0.887 bits per heavy atom. The number of thiophene rings is 1. The molecule has 0 radical (unpaired) electrons. The molecule has 432 valence electrons. The van der Waals surface area contributed by atoms with Crippen molar-refractivity contribution in [3.63, 3.8) is 0 Å². The molecular weight excluding hydrogens is 1090 g/mol. The van der Waals surface area contributed by atoms with Crippen LogP contribution in [-0.4, -0.2) is 165 Å². The van der Waals surface area contributed by atoms with Crippen LogP contribution in [0.4, 0.5) is 5.69 Å². The first-order valence-corrected chi connectivity index (χ1v) is 28.8. The Hall–Kier alpha value is -5.45.